The highest BCUT2D eigenvalue weighted by atomic mass is 32.1. The molecule has 0 atom stereocenters. The maximum Gasteiger partial charge on any atom is 0.407 e. The smallest absolute Gasteiger partial charge is 0.407 e. The Bertz CT molecular complexity index is 1350. The molecule has 3 N–H and O–H groups in total. The van der Waals surface area contributed by atoms with Gasteiger partial charge in [0, 0.05) is 34.3 Å². The van der Waals surface area contributed by atoms with Crippen molar-refractivity contribution in [3.8, 4) is 11.1 Å². The highest BCUT2D eigenvalue weighted by molar-refractivity contribution is 7.08. The minimum Gasteiger partial charge on any atom is -0.478 e. The summed E-state index contributed by atoms with van der Waals surface area (Å²) in [6.45, 7) is 13.7. The lowest BCUT2D eigenvalue weighted by atomic mass is 9.88. The molecule has 0 aliphatic rings. The number of pyridine rings is 1. The molecule has 0 saturated heterocycles. The number of thiophene rings is 1. The van der Waals surface area contributed by atoms with E-state index in [0.29, 0.717) is 18.0 Å². The molecule has 3 rings (SSSR count). The quantitative estimate of drug-likeness (QED) is 0.278. The number of carboxylic acids is 1. The van der Waals surface area contributed by atoms with Gasteiger partial charge in [-0.25, -0.2) is 9.59 Å². The molecule has 0 spiro atoms. The van der Waals surface area contributed by atoms with Crippen LogP contribution in [0.25, 0.3) is 11.1 Å². The molecule has 0 radical (unpaired) electrons. The Kier molecular flexibility index (Phi) is 9.50. The molecule has 0 unspecified atom stereocenters. The second-order valence-corrected chi connectivity index (χ2v) is 11.8. The molecular weight excluding hydrogens is 514 g/mol. The standard InChI is InChI=1S/C30H37N3O5S/c1-17(2)12-24-22(14-31-29(37)38-30(5,6)7)27(20-10-8-18(3)9-11-20)21(19(4)32-24)13-26(34)33-25-16-39-15-23(25)28(35)36/h8-11,15-17H,12-14H2,1-7H3,(H,31,37)(H,33,34)(H,35,36). The summed E-state index contributed by atoms with van der Waals surface area (Å²) in [6.07, 6.45) is 0.138. The minimum absolute atomic E-state index is 0.0155. The van der Waals surface area contributed by atoms with Crippen LogP contribution in [-0.2, 0) is 28.9 Å². The normalized spacial score (nSPS) is 11.4. The number of carbonyl (C=O) groups excluding carboxylic acids is 2. The van der Waals surface area contributed by atoms with E-state index < -0.39 is 17.7 Å². The number of aromatic carboxylic acids is 1. The summed E-state index contributed by atoms with van der Waals surface area (Å²) < 4.78 is 5.47. The fraction of sp³-hybridized carbons (Fsp3) is 0.400. The number of alkyl carbamates (subject to hydrolysis) is 1. The van der Waals surface area contributed by atoms with Crippen LogP contribution in [0.4, 0.5) is 10.5 Å². The van der Waals surface area contributed by atoms with E-state index in [2.05, 4.69) is 24.5 Å². The SMILES string of the molecule is Cc1ccc(-c2c(CC(=O)Nc3cscc3C(=O)O)c(C)nc(CC(C)C)c2CNC(=O)OC(C)(C)C)cc1. The maximum atomic E-state index is 13.2. The van der Waals surface area contributed by atoms with Crippen LogP contribution in [0, 0.1) is 19.8 Å². The number of hydrogen-bond donors (Lipinski definition) is 3. The maximum absolute atomic E-state index is 13.2. The van der Waals surface area contributed by atoms with Gasteiger partial charge in [-0.1, -0.05) is 43.7 Å². The van der Waals surface area contributed by atoms with Crippen LogP contribution in [0.5, 0.6) is 0 Å². The fourth-order valence-electron chi connectivity index (χ4n) is 4.26. The molecule has 2 aromatic heterocycles. The number of anilines is 1. The number of rotatable bonds is 9. The van der Waals surface area contributed by atoms with E-state index in [4.69, 9.17) is 9.72 Å². The van der Waals surface area contributed by atoms with E-state index >= 15 is 0 Å². The van der Waals surface area contributed by atoms with Gasteiger partial charge in [-0.2, -0.15) is 0 Å². The van der Waals surface area contributed by atoms with Gasteiger partial charge in [0.15, 0.2) is 0 Å². The molecule has 208 valence electrons. The molecule has 0 aliphatic heterocycles. The lowest BCUT2D eigenvalue weighted by Gasteiger charge is -2.23. The van der Waals surface area contributed by atoms with Gasteiger partial charge in [-0.15, -0.1) is 11.3 Å². The second kappa shape index (κ2) is 12.4. The van der Waals surface area contributed by atoms with Crippen LogP contribution in [-0.4, -0.2) is 33.7 Å². The molecule has 0 bridgehead atoms. The topological polar surface area (TPSA) is 118 Å². The molecule has 0 fully saturated rings. The third kappa shape index (κ3) is 8.13. The van der Waals surface area contributed by atoms with Gasteiger partial charge in [0.2, 0.25) is 5.91 Å². The second-order valence-electron chi connectivity index (χ2n) is 11.0. The molecule has 3 aromatic rings. The first-order valence-corrected chi connectivity index (χ1v) is 13.8. The summed E-state index contributed by atoms with van der Waals surface area (Å²) in [4.78, 5) is 42.2. The Morgan fingerprint density at radius 2 is 1.72 bits per heavy atom. The van der Waals surface area contributed by atoms with Gasteiger partial charge in [-0.05, 0) is 63.6 Å². The summed E-state index contributed by atoms with van der Waals surface area (Å²) in [5.74, 6) is -1.14. The monoisotopic (exact) mass is 551 g/mol. The molecule has 39 heavy (non-hydrogen) atoms. The predicted octanol–water partition coefficient (Wildman–Crippen LogP) is 6.53. The lowest BCUT2D eigenvalue weighted by molar-refractivity contribution is -0.115. The first kappa shape index (κ1) is 29.8. The third-order valence-corrected chi connectivity index (χ3v) is 6.69. The average Bonchev–Trinajstić information content (AvgIpc) is 3.27. The zero-order valence-corrected chi connectivity index (χ0v) is 24.4. The van der Waals surface area contributed by atoms with E-state index in [9.17, 15) is 19.5 Å². The van der Waals surface area contributed by atoms with Crippen LogP contribution in [0.1, 0.15) is 73.1 Å². The fourth-order valence-corrected chi connectivity index (χ4v) is 5.02. The van der Waals surface area contributed by atoms with E-state index in [1.54, 1.807) is 5.38 Å². The van der Waals surface area contributed by atoms with Crippen molar-refractivity contribution in [2.24, 2.45) is 5.92 Å². The summed E-state index contributed by atoms with van der Waals surface area (Å²) in [5.41, 5.74) is 5.62. The molecule has 0 saturated carbocycles. The minimum atomic E-state index is -1.10. The van der Waals surface area contributed by atoms with Crippen molar-refractivity contribution in [2.75, 3.05) is 5.32 Å². The largest absolute Gasteiger partial charge is 0.478 e. The van der Waals surface area contributed by atoms with Crippen molar-refractivity contribution in [1.29, 1.82) is 0 Å². The van der Waals surface area contributed by atoms with Gasteiger partial charge >= 0.3 is 12.1 Å². The zero-order valence-electron chi connectivity index (χ0n) is 23.6. The number of aromatic nitrogens is 1. The number of aryl methyl sites for hydroxylation is 2. The average molecular weight is 552 g/mol. The number of ether oxygens (including phenoxy) is 1. The third-order valence-electron chi connectivity index (χ3n) is 5.95. The summed E-state index contributed by atoms with van der Waals surface area (Å²) in [5, 5.41) is 18.2. The Morgan fingerprint density at radius 1 is 1.05 bits per heavy atom. The zero-order chi connectivity index (χ0) is 28.9. The number of benzene rings is 1. The van der Waals surface area contributed by atoms with Crippen LogP contribution in [0.15, 0.2) is 35.0 Å². The number of amides is 2. The molecule has 0 aliphatic carbocycles. The first-order chi connectivity index (χ1) is 18.2. The molecular formula is C30H37N3O5S. The van der Waals surface area contributed by atoms with Crippen molar-refractivity contribution in [2.45, 2.75) is 73.5 Å². The Hall–Kier alpha value is -3.72. The first-order valence-electron chi connectivity index (χ1n) is 12.9. The van der Waals surface area contributed by atoms with E-state index in [1.807, 2.05) is 58.9 Å². The van der Waals surface area contributed by atoms with Crippen molar-refractivity contribution in [1.82, 2.24) is 10.3 Å². The molecule has 9 heteroatoms. The lowest BCUT2D eigenvalue weighted by Crippen LogP contribution is -2.32. The van der Waals surface area contributed by atoms with Crippen LogP contribution in [0.3, 0.4) is 0 Å². The Morgan fingerprint density at radius 3 is 2.31 bits per heavy atom. The van der Waals surface area contributed by atoms with Gasteiger partial charge in [0.05, 0.1) is 17.7 Å². The summed E-state index contributed by atoms with van der Waals surface area (Å²) in [7, 11) is 0. The van der Waals surface area contributed by atoms with Crippen LogP contribution in [0.2, 0.25) is 0 Å². The van der Waals surface area contributed by atoms with Gasteiger partial charge in [0.1, 0.15) is 5.60 Å². The molecule has 2 heterocycles. The molecule has 1 aromatic carbocycles. The predicted molar refractivity (Wildman–Crippen MR) is 154 cm³/mol. The molecule has 8 nitrogen and oxygen atoms in total. The van der Waals surface area contributed by atoms with Gasteiger partial charge in [0.25, 0.3) is 0 Å². The van der Waals surface area contributed by atoms with Crippen molar-refractivity contribution in [3.63, 3.8) is 0 Å². The van der Waals surface area contributed by atoms with E-state index in [0.717, 1.165) is 33.5 Å². The highest BCUT2D eigenvalue weighted by Gasteiger charge is 2.24. The highest BCUT2D eigenvalue weighted by Crippen LogP contribution is 2.34. The number of carboxylic acid groups (broad SMARTS) is 1. The van der Waals surface area contributed by atoms with Gasteiger partial charge < -0.3 is 20.5 Å². The van der Waals surface area contributed by atoms with Crippen molar-refractivity contribution >= 4 is 35.0 Å². The number of nitrogens with zero attached hydrogens (tertiary/aromatic N) is 1. The Balaban J connectivity index is 2.10. The van der Waals surface area contributed by atoms with Crippen LogP contribution < -0.4 is 10.6 Å². The summed E-state index contributed by atoms with van der Waals surface area (Å²) >= 11 is 1.21. The van der Waals surface area contributed by atoms with Gasteiger partial charge in [-0.3, -0.25) is 9.78 Å². The molecule has 2 amide bonds. The van der Waals surface area contributed by atoms with Crippen LogP contribution >= 0.6 is 11.3 Å². The van der Waals surface area contributed by atoms with E-state index in [-0.39, 0.29) is 30.1 Å². The van der Waals surface area contributed by atoms with Crippen molar-refractivity contribution < 1.29 is 24.2 Å². The number of nitrogens with one attached hydrogen (secondary N) is 2. The Labute approximate surface area is 233 Å². The van der Waals surface area contributed by atoms with E-state index in [1.165, 1.54) is 16.7 Å². The van der Waals surface area contributed by atoms with Crippen molar-refractivity contribution in [3.05, 3.63) is 68.7 Å². The summed E-state index contributed by atoms with van der Waals surface area (Å²) in [6, 6.07) is 8.02. The number of hydrogen-bond acceptors (Lipinski definition) is 6. The number of carbonyl (C=O) groups is 3.